The van der Waals surface area contributed by atoms with Crippen LogP contribution in [-0.4, -0.2) is 42.8 Å². The molecule has 13 heavy (non-hydrogen) atoms. The first-order chi connectivity index (χ1) is 5.93. The topological polar surface area (TPSA) is 46.3 Å². The summed E-state index contributed by atoms with van der Waals surface area (Å²) in [6.07, 6.45) is 0. The Balaban J connectivity index is 2.73. The summed E-state index contributed by atoms with van der Waals surface area (Å²) in [5, 5.41) is 0. The van der Waals surface area contributed by atoms with Gasteiger partial charge in [0.25, 0.3) is 0 Å². The number of nitrogens with zero attached hydrogens (tertiary/aromatic N) is 1. The number of hydrogen-bond acceptors (Lipinski definition) is 3. The van der Waals surface area contributed by atoms with Crippen LogP contribution in [-0.2, 0) is 4.79 Å². The van der Waals surface area contributed by atoms with Crippen LogP contribution in [0, 0.1) is 0 Å². The standard InChI is InChI=1S/C8H18N2OSSi/c1-13(2,3)10-4-5-12-6-7(10)8(9)11/h7H,4-6H2,1-3H3,(H2,9,11). The van der Waals surface area contributed by atoms with Gasteiger partial charge in [-0.2, -0.15) is 11.8 Å². The van der Waals surface area contributed by atoms with Gasteiger partial charge in [0.15, 0.2) is 0 Å². The lowest BCUT2D eigenvalue weighted by Crippen LogP contribution is -2.60. The Morgan fingerprint density at radius 3 is 2.54 bits per heavy atom. The summed E-state index contributed by atoms with van der Waals surface area (Å²) in [6.45, 7) is 7.81. The van der Waals surface area contributed by atoms with E-state index in [2.05, 4.69) is 24.2 Å². The third-order valence-electron chi connectivity index (χ3n) is 2.32. The van der Waals surface area contributed by atoms with Crippen LogP contribution in [0.15, 0.2) is 0 Å². The van der Waals surface area contributed by atoms with Crippen molar-refractivity contribution in [3.63, 3.8) is 0 Å². The number of rotatable bonds is 2. The molecule has 0 spiro atoms. The van der Waals surface area contributed by atoms with Gasteiger partial charge < -0.3 is 10.3 Å². The SMILES string of the molecule is C[Si](C)(C)N1CCSCC1C(N)=O. The van der Waals surface area contributed by atoms with Crippen LogP contribution >= 0.6 is 11.8 Å². The number of hydrogen-bond donors (Lipinski definition) is 1. The Morgan fingerprint density at radius 1 is 1.54 bits per heavy atom. The number of amides is 1. The molecule has 0 saturated carbocycles. The molecular formula is C8H18N2OSSi. The zero-order valence-electron chi connectivity index (χ0n) is 8.54. The van der Waals surface area contributed by atoms with Crippen LogP contribution in [0.1, 0.15) is 0 Å². The van der Waals surface area contributed by atoms with Gasteiger partial charge in [-0.05, 0) is 0 Å². The van der Waals surface area contributed by atoms with Gasteiger partial charge in [0.1, 0.15) is 8.24 Å². The average molecular weight is 218 g/mol. The minimum absolute atomic E-state index is 0.0228. The van der Waals surface area contributed by atoms with E-state index < -0.39 is 8.24 Å². The number of carbonyl (C=O) groups is 1. The van der Waals surface area contributed by atoms with Crippen molar-refractivity contribution in [1.29, 1.82) is 0 Å². The van der Waals surface area contributed by atoms with E-state index in [1.807, 2.05) is 11.8 Å². The van der Waals surface area contributed by atoms with Crippen LogP contribution in [0.2, 0.25) is 19.6 Å². The van der Waals surface area contributed by atoms with Crippen molar-refractivity contribution in [3.05, 3.63) is 0 Å². The van der Waals surface area contributed by atoms with Gasteiger partial charge in [-0.15, -0.1) is 0 Å². The van der Waals surface area contributed by atoms with E-state index in [0.717, 1.165) is 18.1 Å². The highest BCUT2D eigenvalue weighted by Gasteiger charge is 2.35. The molecule has 1 heterocycles. The lowest BCUT2D eigenvalue weighted by atomic mass is 10.3. The third-order valence-corrected chi connectivity index (χ3v) is 5.60. The molecular weight excluding hydrogens is 200 g/mol. The first-order valence-corrected chi connectivity index (χ1v) is 9.17. The predicted octanol–water partition coefficient (Wildman–Crippen LogP) is 0.724. The second-order valence-corrected chi connectivity index (χ2v) is 10.4. The molecule has 1 amide bonds. The molecule has 0 aromatic heterocycles. The summed E-state index contributed by atoms with van der Waals surface area (Å²) in [6, 6.07) is -0.0228. The number of primary amides is 1. The number of thioether (sulfide) groups is 1. The summed E-state index contributed by atoms with van der Waals surface area (Å²) in [5.41, 5.74) is 5.38. The molecule has 0 aromatic carbocycles. The van der Waals surface area contributed by atoms with Gasteiger partial charge in [0, 0.05) is 18.1 Å². The van der Waals surface area contributed by atoms with Crippen molar-refractivity contribution in [2.24, 2.45) is 5.73 Å². The van der Waals surface area contributed by atoms with Crippen molar-refractivity contribution in [1.82, 2.24) is 4.57 Å². The van der Waals surface area contributed by atoms with Gasteiger partial charge in [0.05, 0.1) is 6.04 Å². The minimum Gasteiger partial charge on any atom is -0.368 e. The quantitative estimate of drug-likeness (QED) is 0.695. The molecule has 1 fully saturated rings. The third kappa shape index (κ3) is 2.72. The van der Waals surface area contributed by atoms with E-state index >= 15 is 0 Å². The van der Waals surface area contributed by atoms with Gasteiger partial charge >= 0.3 is 0 Å². The fourth-order valence-electron chi connectivity index (χ4n) is 1.64. The Bertz CT molecular complexity index is 205. The van der Waals surface area contributed by atoms with Crippen molar-refractivity contribution < 1.29 is 4.79 Å². The summed E-state index contributed by atoms with van der Waals surface area (Å²) >= 11 is 1.83. The summed E-state index contributed by atoms with van der Waals surface area (Å²) in [5.74, 6) is 1.85. The van der Waals surface area contributed by atoms with E-state index in [9.17, 15) is 4.79 Å². The molecule has 1 saturated heterocycles. The molecule has 1 aliphatic heterocycles. The molecule has 1 atom stereocenters. The average Bonchev–Trinajstić information content (AvgIpc) is 2.03. The molecule has 1 unspecified atom stereocenters. The maximum atomic E-state index is 11.2. The fraction of sp³-hybridized carbons (Fsp3) is 0.875. The molecule has 2 N–H and O–H groups in total. The highest BCUT2D eigenvalue weighted by Crippen LogP contribution is 2.22. The smallest absolute Gasteiger partial charge is 0.235 e. The lowest BCUT2D eigenvalue weighted by molar-refractivity contribution is -0.121. The van der Waals surface area contributed by atoms with Gasteiger partial charge in [0.2, 0.25) is 5.91 Å². The number of nitrogens with two attached hydrogens (primary N) is 1. The van der Waals surface area contributed by atoms with Crippen molar-refractivity contribution >= 4 is 25.9 Å². The van der Waals surface area contributed by atoms with Crippen molar-refractivity contribution in [3.8, 4) is 0 Å². The van der Waals surface area contributed by atoms with E-state index in [1.54, 1.807) is 0 Å². The van der Waals surface area contributed by atoms with E-state index in [-0.39, 0.29) is 11.9 Å². The van der Waals surface area contributed by atoms with E-state index in [4.69, 9.17) is 5.73 Å². The summed E-state index contributed by atoms with van der Waals surface area (Å²) in [7, 11) is -1.36. The van der Waals surface area contributed by atoms with Gasteiger partial charge in [-0.1, -0.05) is 19.6 Å². The zero-order chi connectivity index (χ0) is 10.1. The number of carbonyl (C=O) groups excluding carboxylic acids is 1. The summed E-state index contributed by atoms with van der Waals surface area (Å²) in [4.78, 5) is 11.2. The van der Waals surface area contributed by atoms with Gasteiger partial charge in [-0.3, -0.25) is 4.79 Å². The first-order valence-electron chi connectivity index (χ1n) is 4.57. The molecule has 1 rings (SSSR count). The second-order valence-electron chi connectivity index (χ2n) is 4.36. The van der Waals surface area contributed by atoms with Crippen LogP contribution in [0.5, 0.6) is 0 Å². The first kappa shape index (κ1) is 11.1. The van der Waals surface area contributed by atoms with Crippen LogP contribution in [0.3, 0.4) is 0 Å². The zero-order valence-corrected chi connectivity index (χ0v) is 10.4. The highest BCUT2D eigenvalue weighted by molar-refractivity contribution is 7.99. The molecule has 76 valence electrons. The lowest BCUT2D eigenvalue weighted by Gasteiger charge is -2.41. The monoisotopic (exact) mass is 218 g/mol. The predicted molar refractivity (Wildman–Crippen MR) is 60.4 cm³/mol. The molecule has 3 nitrogen and oxygen atoms in total. The van der Waals surface area contributed by atoms with Crippen LogP contribution in [0.25, 0.3) is 0 Å². The molecule has 0 aliphatic carbocycles. The minimum atomic E-state index is -1.36. The van der Waals surface area contributed by atoms with Crippen molar-refractivity contribution in [2.45, 2.75) is 25.7 Å². The molecule has 0 bridgehead atoms. The van der Waals surface area contributed by atoms with Crippen LogP contribution < -0.4 is 5.73 Å². The van der Waals surface area contributed by atoms with Crippen molar-refractivity contribution in [2.75, 3.05) is 18.1 Å². The molecule has 5 heteroatoms. The fourth-order valence-corrected chi connectivity index (χ4v) is 4.93. The summed E-state index contributed by atoms with van der Waals surface area (Å²) < 4.78 is 2.34. The van der Waals surface area contributed by atoms with E-state index in [0.29, 0.717) is 0 Å². The Hall–Kier alpha value is -0.00312. The Labute approximate surface area is 85.1 Å². The Morgan fingerprint density at radius 2 is 2.15 bits per heavy atom. The van der Waals surface area contributed by atoms with Gasteiger partial charge in [-0.25, -0.2) is 0 Å². The maximum Gasteiger partial charge on any atom is 0.235 e. The Kier molecular flexibility index (Phi) is 3.42. The van der Waals surface area contributed by atoms with Crippen LogP contribution in [0.4, 0.5) is 0 Å². The molecule has 0 aromatic rings. The normalized spacial score (nSPS) is 25.9. The van der Waals surface area contributed by atoms with E-state index in [1.165, 1.54) is 0 Å². The largest absolute Gasteiger partial charge is 0.368 e. The second kappa shape index (κ2) is 4.02. The molecule has 0 radical (unpaired) electrons. The molecule has 1 aliphatic rings. The highest BCUT2D eigenvalue weighted by atomic mass is 32.2. The maximum absolute atomic E-state index is 11.2.